The molecule has 2 unspecified atom stereocenters. The summed E-state index contributed by atoms with van der Waals surface area (Å²) in [6.07, 6.45) is -1.95. The fourth-order valence-electron chi connectivity index (χ4n) is 13.1. The van der Waals surface area contributed by atoms with E-state index in [1.165, 1.54) is 81.3 Å². The zero-order valence-corrected chi connectivity index (χ0v) is 63.4. The Labute approximate surface area is 585 Å². The Morgan fingerprint density at radius 3 is 1.35 bits per heavy atom. The van der Waals surface area contributed by atoms with Gasteiger partial charge in [0.05, 0.1) is 18.8 Å². The third kappa shape index (κ3) is 24.6. The quantitative estimate of drug-likeness (QED) is 0.103. The van der Waals surface area contributed by atoms with Gasteiger partial charge in [-0.1, -0.05) is 134 Å². The van der Waals surface area contributed by atoms with Crippen LogP contribution in [0, 0.1) is 47.3 Å². The van der Waals surface area contributed by atoms with E-state index in [1.807, 2.05) is 87.4 Å². The van der Waals surface area contributed by atoms with E-state index in [0.29, 0.717) is 18.9 Å². The molecule has 13 atom stereocenters. The second kappa shape index (κ2) is 39.3. The van der Waals surface area contributed by atoms with E-state index in [-0.39, 0.29) is 61.7 Å². The Morgan fingerprint density at radius 1 is 0.480 bits per heavy atom. The lowest BCUT2D eigenvalue weighted by Crippen LogP contribution is -2.64. The molecule has 10 amide bonds. The van der Waals surface area contributed by atoms with Crippen molar-refractivity contribution in [3.05, 3.63) is 35.9 Å². The third-order valence-electron chi connectivity index (χ3n) is 19.1. The largest absolute Gasteiger partial charge is 0.450 e. The number of likely N-dealkylation sites (tertiary alicyclic amines) is 1. The van der Waals surface area contributed by atoms with Crippen molar-refractivity contribution in [3.8, 4) is 0 Å². The van der Waals surface area contributed by atoms with E-state index in [4.69, 9.17) is 4.74 Å². The fraction of sp³-hybridized carbons (Fsp3) is 0.767. The molecule has 2 heterocycles. The first kappa shape index (κ1) is 85.5. The van der Waals surface area contributed by atoms with E-state index in [9.17, 15) is 48.6 Å². The summed E-state index contributed by atoms with van der Waals surface area (Å²) in [7, 11) is 8.23. The van der Waals surface area contributed by atoms with Crippen molar-refractivity contribution in [3.63, 3.8) is 0 Å². The lowest BCUT2D eigenvalue weighted by molar-refractivity contribution is -0.166. The normalized spacial score (nSPS) is 26.4. The summed E-state index contributed by atoms with van der Waals surface area (Å²) in [5.74, 6) is -11.1. The monoisotopic (exact) mass is 1380 g/mol. The number of carbonyl (C=O) groups is 11. The number of nitrogens with one attached hydrogen (secondary N) is 4. The van der Waals surface area contributed by atoms with Crippen LogP contribution in [0.3, 0.4) is 0 Å². The minimum Gasteiger partial charge on any atom is -0.450 e. The van der Waals surface area contributed by atoms with Gasteiger partial charge in [-0.25, -0.2) is 4.79 Å². The van der Waals surface area contributed by atoms with Crippen molar-refractivity contribution < 1.29 is 67.7 Å². The molecule has 556 valence electrons. The first-order chi connectivity index (χ1) is 45.5. The topological polar surface area (TPSA) is 308 Å². The number of piperidine rings is 1. The predicted octanol–water partition coefficient (Wildman–Crippen LogP) is 4.65. The van der Waals surface area contributed by atoms with Crippen LogP contribution in [-0.2, 0) is 57.5 Å². The standard InChI is InChI=1S/C73H125N11O14/c1-41(2)35-53-68(92)80(20)56(38-44(7)8)64(88)74-49(16)73(97)98-63(47(13)14)72(96)81(21)57(39-45(9)10)66(90)76-54(36-42(3)4)69(93)82(22)60(46(11)12)71(95)83(23)61(62(87)48(15)29-32-84-33-30-52(31-34-84)51-27-25-24-26-28-51)67(91)77-59(50(17)85)70(94)78(18)40-58(86)79(19)55(37-43(5)6)65(89)75-53/h24-28,41-50,52-57,59-63,85,87H,29-40H2,1-23H3,(H,74,88)(H,75,89)(H,76,90)(H,77,91)/t48-,49-,50?,53-,54+,55+,56+,57+,59+,60+,61-,62?,63-/m1/s1. The molecule has 2 aliphatic heterocycles. The number of hydrogen-bond donors (Lipinski definition) is 6. The number of aliphatic hydroxyl groups excluding tert-OH is 2. The number of amides is 10. The van der Waals surface area contributed by atoms with Crippen molar-refractivity contribution >= 4 is 65.0 Å². The number of ether oxygens (including phenoxy) is 1. The van der Waals surface area contributed by atoms with Crippen molar-refractivity contribution in [1.29, 1.82) is 0 Å². The van der Waals surface area contributed by atoms with Gasteiger partial charge in [0.2, 0.25) is 53.2 Å². The molecule has 0 aliphatic carbocycles. The number of benzene rings is 1. The van der Waals surface area contributed by atoms with Gasteiger partial charge in [-0.3, -0.25) is 47.9 Å². The highest BCUT2D eigenvalue weighted by molar-refractivity contribution is 5.99. The van der Waals surface area contributed by atoms with Gasteiger partial charge >= 0.3 is 5.97 Å². The summed E-state index contributed by atoms with van der Waals surface area (Å²) >= 11 is 0. The predicted molar refractivity (Wildman–Crippen MR) is 377 cm³/mol. The molecule has 2 saturated heterocycles. The van der Waals surface area contributed by atoms with Crippen molar-refractivity contribution in [2.24, 2.45) is 47.3 Å². The summed E-state index contributed by atoms with van der Waals surface area (Å²) in [5.41, 5.74) is 1.27. The average Bonchev–Trinajstić information content (AvgIpc) is 0.803. The highest BCUT2D eigenvalue weighted by Crippen LogP contribution is 2.30. The number of esters is 1. The van der Waals surface area contributed by atoms with Gasteiger partial charge in [0.1, 0.15) is 54.4 Å². The molecule has 2 fully saturated rings. The Morgan fingerprint density at radius 2 is 0.908 bits per heavy atom. The summed E-state index contributed by atoms with van der Waals surface area (Å²) in [4.78, 5) is 172. The van der Waals surface area contributed by atoms with Gasteiger partial charge < -0.3 is 70.5 Å². The highest BCUT2D eigenvalue weighted by atomic mass is 16.6. The molecule has 0 saturated carbocycles. The number of hydrogen-bond acceptors (Lipinski definition) is 15. The lowest BCUT2D eigenvalue weighted by atomic mass is 9.88. The van der Waals surface area contributed by atoms with Gasteiger partial charge in [-0.2, -0.15) is 0 Å². The van der Waals surface area contributed by atoms with Crippen LogP contribution in [0.4, 0.5) is 0 Å². The Bertz CT molecular complexity index is 2810. The zero-order valence-electron chi connectivity index (χ0n) is 63.4. The molecule has 25 nitrogen and oxygen atoms in total. The van der Waals surface area contributed by atoms with Crippen LogP contribution in [-0.4, -0.2) is 251 Å². The minimum absolute atomic E-state index is 0.0793. The van der Waals surface area contributed by atoms with Crippen molar-refractivity contribution in [2.75, 3.05) is 68.5 Å². The molecule has 25 heteroatoms. The summed E-state index contributed by atoms with van der Waals surface area (Å²) in [5, 5.41) is 35.1. The fourth-order valence-corrected chi connectivity index (χ4v) is 13.1. The van der Waals surface area contributed by atoms with Crippen LogP contribution >= 0.6 is 0 Å². The van der Waals surface area contributed by atoms with Crippen LogP contribution in [0.15, 0.2) is 30.3 Å². The molecule has 0 radical (unpaired) electrons. The SMILES string of the molecule is CC(C)C[C@@H]1NC(=O)[C@H](CC(C)C)N(C)C(=O)[C@@H](C(C)C)OC(=O)[C@@H](C)NC(=O)[C@H](CC(C)C)N(C)C(=O)[C@@H](CC(C)C)NC(=O)[C@H](CC(C)C)N(C)C(=O)CN(C)C(=O)[C@H](C(C)O)NC(=O)[C@@H](C(O)[C@H](C)CCN2CCC(c3ccccc3)CC2)N(C)C(=O)[C@H](C(C)C)N(C)C1=O. The number of carbonyl (C=O) groups excluding carboxylic acids is 11. The molecule has 0 bridgehead atoms. The molecule has 3 rings (SSSR count). The van der Waals surface area contributed by atoms with E-state index in [2.05, 4.69) is 38.3 Å². The second-order valence-electron chi connectivity index (χ2n) is 30.8. The Kier molecular flexibility index (Phi) is 34.3. The third-order valence-corrected chi connectivity index (χ3v) is 19.1. The average molecular weight is 1380 g/mol. The summed E-state index contributed by atoms with van der Waals surface area (Å²) in [6.45, 7) is 31.1. The Balaban J connectivity index is 2.31. The molecule has 0 spiro atoms. The van der Waals surface area contributed by atoms with Crippen LogP contribution in [0.5, 0.6) is 0 Å². The van der Waals surface area contributed by atoms with Crippen LogP contribution in [0.25, 0.3) is 0 Å². The molecule has 1 aromatic rings. The number of aliphatic hydroxyl groups is 2. The lowest BCUT2D eigenvalue weighted by Gasteiger charge is -2.40. The van der Waals surface area contributed by atoms with Gasteiger partial charge in [0.25, 0.3) is 5.91 Å². The number of likely N-dealkylation sites (N-methyl/N-ethyl adjacent to an activating group) is 6. The van der Waals surface area contributed by atoms with Crippen LogP contribution < -0.4 is 21.3 Å². The van der Waals surface area contributed by atoms with Crippen molar-refractivity contribution in [2.45, 2.75) is 248 Å². The van der Waals surface area contributed by atoms with E-state index in [1.54, 1.807) is 34.6 Å². The van der Waals surface area contributed by atoms with Crippen molar-refractivity contribution in [1.82, 2.24) is 55.6 Å². The van der Waals surface area contributed by atoms with E-state index in [0.717, 1.165) is 35.7 Å². The van der Waals surface area contributed by atoms with E-state index < -0.39 is 162 Å². The minimum atomic E-state index is -1.76. The van der Waals surface area contributed by atoms with Gasteiger partial charge in [-0.15, -0.1) is 0 Å². The Hall–Kier alpha value is -6.73. The van der Waals surface area contributed by atoms with E-state index >= 15 is 14.4 Å². The number of rotatable bonds is 19. The molecule has 6 N–H and O–H groups in total. The smallest absolute Gasteiger partial charge is 0.329 e. The maximum Gasteiger partial charge on any atom is 0.329 e. The maximum atomic E-state index is 15.5. The van der Waals surface area contributed by atoms with Gasteiger partial charge in [-0.05, 0) is 144 Å². The molecular weight excluding hydrogens is 1250 g/mol. The second-order valence-corrected chi connectivity index (χ2v) is 30.8. The van der Waals surface area contributed by atoms with Crippen LogP contribution in [0.1, 0.15) is 181 Å². The molecular formula is C73H125N11O14. The highest BCUT2D eigenvalue weighted by Gasteiger charge is 2.46. The summed E-state index contributed by atoms with van der Waals surface area (Å²) < 4.78 is 5.93. The summed E-state index contributed by atoms with van der Waals surface area (Å²) in [6, 6.07) is -1.99. The number of nitrogens with zero attached hydrogens (tertiary/aromatic N) is 7. The number of cyclic esters (lactones) is 1. The molecule has 1 aromatic carbocycles. The molecule has 0 aromatic heterocycles. The van der Waals surface area contributed by atoms with Gasteiger partial charge in [0.15, 0.2) is 6.10 Å². The van der Waals surface area contributed by atoms with Crippen LogP contribution in [0.2, 0.25) is 0 Å². The molecule has 2 aliphatic rings. The molecule has 98 heavy (non-hydrogen) atoms. The van der Waals surface area contributed by atoms with Gasteiger partial charge in [0, 0.05) is 42.3 Å². The zero-order chi connectivity index (χ0) is 74.7. The first-order valence-electron chi connectivity index (χ1n) is 35.7. The first-order valence-corrected chi connectivity index (χ1v) is 35.7. The maximum absolute atomic E-state index is 15.5.